The van der Waals surface area contributed by atoms with Crippen LogP contribution in [-0.2, 0) is 32.0 Å². The minimum absolute atomic E-state index is 0.371. The fourth-order valence-electron chi connectivity index (χ4n) is 6.24. The lowest BCUT2D eigenvalue weighted by molar-refractivity contribution is -0.120. The van der Waals surface area contributed by atoms with E-state index in [1.54, 1.807) is 0 Å². The van der Waals surface area contributed by atoms with E-state index in [0.29, 0.717) is 36.0 Å². The highest BCUT2D eigenvalue weighted by molar-refractivity contribution is 5.79. The van der Waals surface area contributed by atoms with Crippen LogP contribution in [0.2, 0.25) is 0 Å². The number of carbonyl (C=O) groups excluding carboxylic acids is 4. The monoisotopic (exact) mass is 646 g/mol. The first-order valence-corrected chi connectivity index (χ1v) is 19.0. The van der Waals surface area contributed by atoms with Gasteiger partial charge < -0.3 is 0 Å². The second kappa shape index (κ2) is 28.2. The van der Waals surface area contributed by atoms with Crippen molar-refractivity contribution in [2.45, 2.75) is 163 Å². The number of ketones is 4. The zero-order valence-electron chi connectivity index (χ0n) is 30.4. The van der Waals surface area contributed by atoms with E-state index < -0.39 is 0 Å². The van der Waals surface area contributed by atoms with E-state index in [4.69, 9.17) is 0 Å². The predicted molar refractivity (Wildman–Crippen MR) is 198 cm³/mol. The third-order valence-corrected chi connectivity index (χ3v) is 9.13. The van der Waals surface area contributed by atoms with Crippen LogP contribution in [0.4, 0.5) is 0 Å². The summed E-state index contributed by atoms with van der Waals surface area (Å²) in [6, 6.07) is 20.5. The molecule has 0 aliphatic heterocycles. The van der Waals surface area contributed by atoms with Crippen LogP contribution in [0.15, 0.2) is 60.7 Å². The Morgan fingerprint density at radius 2 is 0.915 bits per heavy atom. The van der Waals surface area contributed by atoms with E-state index in [1.807, 2.05) is 57.2 Å². The third kappa shape index (κ3) is 23.1. The molecule has 0 N–H and O–H groups in total. The molecule has 4 rings (SSSR count). The molecule has 4 nitrogen and oxygen atoms in total. The number of Topliss-reactive ketones (excluding diaryl/α,β-unsaturated/α-hetero) is 4. The van der Waals surface area contributed by atoms with Crippen LogP contribution in [0, 0.1) is 11.8 Å². The van der Waals surface area contributed by atoms with Crippen molar-refractivity contribution >= 4 is 23.1 Å². The summed E-state index contributed by atoms with van der Waals surface area (Å²) < 4.78 is 0. The van der Waals surface area contributed by atoms with E-state index in [1.165, 1.54) is 62.5 Å². The maximum atomic E-state index is 11.2. The van der Waals surface area contributed by atoms with Crippen LogP contribution in [0.25, 0.3) is 0 Å². The van der Waals surface area contributed by atoms with Crippen molar-refractivity contribution in [2.75, 3.05) is 0 Å². The maximum Gasteiger partial charge on any atom is 0.133 e. The smallest absolute Gasteiger partial charge is 0.133 e. The minimum Gasteiger partial charge on any atom is -0.300 e. The van der Waals surface area contributed by atoms with Gasteiger partial charge >= 0.3 is 0 Å². The Bertz CT molecular complexity index is 1080. The van der Waals surface area contributed by atoms with Crippen molar-refractivity contribution in [3.63, 3.8) is 0 Å². The van der Waals surface area contributed by atoms with Crippen LogP contribution in [-0.4, -0.2) is 23.1 Å². The first kappa shape index (κ1) is 42.1. The van der Waals surface area contributed by atoms with E-state index in [9.17, 15) is 19.2 Å². The fourth-order valence-corrected chi connectivity index (χ4v) is 6.24. The van der Waals surface area contributed by atoms with Gasteiger partial charge in [-0.2, -0.15) is 0 Å². The summed E-state index contributed by atoms with van der Waals surface area (Å²) in [5.41, 5.74) is 2.58. The summed E-state index contributed by atoms with van der Waals surface area (Å²) in [6.45, 7) is 8.00. The van der Waals surface area contributed by atoms with Gasteiger partial charge in [0.2, 0.25) is 0 Å². The molecule has 0 bridgehead atoms. The molecule has 2 saturated carbocycles. The summed E-state index contributed by atoms with van der Waals surface area (Å²) in [5, 5.41) is 0. The fraction of sp³-hybridized carbons (Fsp3) is 0.628. The Morgan fingerprint density at radius 1 is 0.489 bits per heavy atom. The molecule has 2 aromatic carbocycles. The molecule has 0 radical (unpaired) electrons. The topological polar surface area (TPSA) is 68.3 Å². The Balaban J connectivity index is 0.000000315. The maximum absolute atomic E-state index is 11.2. The van der Waals surface area contributed by atoms with Crippen molar-refractivity contribution in [1.82, 2.24) is 0 Å². The molecule has 0 unspecified atom stereocenters. The minimum atomic E-state index is 0.371. The molecule has 2 aliphatic carbocycles. The molecule has 2 fully saturated rings. The molecule has 0 amide bonds. The van der Waals surface area contributed by atoms with Gasteiger partial charge in [-0.1, -0.05) is 140 Å². The Hall–Kier alpha value is -2.88. The normalized spacial score (nSPS) is 14.1. The third-order valence-electron chi connectivity index (χ3n) is 9.13. The first-order valence-electron chi connectivity index (χ1n) is 19.0. The summed E-state index contributed by atoms with van der Waals surface area (Å²) >= 11 is 0. The number of carbonyl (C=O) groups is 4. The van der Waals surface area contributed by atoms with Gasteiger partial charge in [0.25, 0.3) is 0 Å². The Labute approximate surface area is 287 Å². The zero-order chi connectivity index (χ0) is 34.5. The van der Waals surface area contributed by atoms with Gasteiger partial charge in [0.15, 0.2) is 0 Å². The molecule has 2 aromatic rings. The number of benzene rings is 2. The summed E-state index contributed by atoms with van der Waals surface area (Å²) in [5.74, 6) is 3.18. The lowest BCUT2D eigenvalue weighted by Crippen LogP contribution is -2.04. The predicted octanol–water partition coefficient (Wildman–Crippen LogP) is 11.5. The molecule has 0 heterocycles. The standard InChI is InChI=1S/2C12H16O.C10H18O.C9H16O/c1-2-12(13)10-6-9-11-7-4-3-5-8-11;1-2-6-12(13)10-9-11-7-4-3-5-8-11;1-2-5-10(11)8-9-6-3-4-7-9;1-2-9(10)7-8-5-3-4-6-8/h2*3-5,7-8H,2,6,9-10H2,1H3;9H,2-8H2,1H3;8H,2-7H2,1H3. The highest BCUT2D eigenvalue weighted by atomic mass is 16.1. The van der Waals surface area contributed by atoms with Crippen molar-refractivity contribution < 1.29 is 19.2 Å². The van der Waals surface area contributed by atoms with Crippen LogP contribution in [0.5, 0.6) is 0 Å². The van der Waals surface area contributed by atoms with Crippen LogP contribution < -0.4 is 0 Å². The molecule has 0 spiro atoms. The second-order valence-electron chi connectivity index (χ2n) is 13.4. The summed E-state index contributed by atoms with van der Waals surface area (Å²) in [6.07, 6.45) is 21.6. The average molecular weight is 647 g/mol. The number of hydrogen-bond donors (Lipinski definition) is 0. The summed E-state index contributed by atoms with van der Waals surface area (Å²) in [4.78, 5) is 44.4. The second-order valence-corrected chi connectivity index (χ2v) is 13.4. The molecule has 0 saturated heterocycles. The van der Waals surface area contributed by atoms with Crippen LogP contribution in [0.1, 0.15) is 161 Å². The number of aryl methyl sites for hydroxylation is 2. The summed E-state index contributed by atoms with van der Waals surface area (Å²) in [7, 11) is 0. The molecular weight excluding hydrogens is 580 g/mol. The first-order chi connectivity index (χ1) is 22.8. The Morgan fingerprint density at radius 3 is 1.36 bits per heavy atom. The van der Waals surface area contributed by atoms with Crippen molar-refractivity contribution in [2.24, 2.45) is 11.8 Å². The number of rotatable bonds is 17. The Kier molecular flexibility index (Phi) is 25.3. The largest absolute Gasteiger partial charge is 0.300 e. The van der Waals surface area contributed by atoms with Gasteiger partial charge in [-0.15, -0.1) is 0 Å². The molecule has 2 aliphatic rings. The molecule has 0 aromatic heterocycles. The van der Waals surface area contributed by atoms with Crippen molar-refractivity contribution in [3.8, 4) is 0 Å². The van der Waals surface area contributed by atoms with Crippen molar-refractivity contribution in [1.29, 1.82) is 0 Å². The van der Waals surface area contributed by atoms with Gasteiger partial charge in [-0.05, 0) is 55.1 Å². The quantitative estimate of drug-likeness (QED) is 0.171. The van der Waals surface area contributed by atoms with Crippen LogP contribution >= 0.6 is 0 Å². The van der Waals surface area contributed by atoms with Crippen LogP contribution in [0.3, 0.4) is 0 Å². The highest BCUT2D eigenvalue weighted by Crippen LogP contribution is 2.28. The molecule has 47 heavy (non-hydrogen) atoms. The molecule has 262 valence electrons. The lowest BCUT2D eigenvalue weighted by Gasteiger charge is -2.05. The molecule has 0 atom stereocenters. The van der Waals surface area contributed by atoms with Gasteiger partial charge in [-0.3, -0.25) is 19.2 Å². The SMILES string of the molecule is CCC(=O)CC1CCCC1.CCC(=O)CCCc1ccccc1.CCCC(=O)CC1CCCC1.CCCC(=O)CCc1ccccc1. The highest BCUT2D eigenvalue weighted by Gasteiger charge is 2.18. The van der Waals surface area contributed by atoms with E-state index in [2.05, 4.69) is 31.2 Å². The average Bonchev–Trinajstić information content (AvgIpc) is 3.81. The van der Waals surface area contributed by atoms with Gasteiger partial charge in [0.05, 0.1) is 0 Å². The van der Waals surface area contributed by atoms with Gasteiger partial charge in [0.1, 0.15) is 23.1 Å². The van der Waals surface area contributed by atoms with E-state index in [0.717, 1.165) is 82.5 Å². The molecular formula is C43H66O4. The van der Waals surface area contributed by atoms with Gasteiger partial charge in [0, 0.05) is 51.4 Å². The zero-order valence-corrected chi connectivity index (χ0v) is 30.4. The van der Waals surface area contributed by atoms with Gasteiger partial charge in [-0.25, -0.2) is 0 Å². The van der Waals surface area contributed by atoms with Crippen molar-refractivity contribution in [3.05, 3.63) is 71.8 Å². The lowest BCUT2D eigenvalue weighted by atomic mass is 9.99. The number of hydrogen-bond acceptors (Lipinski definition) is 4. The molecule has 4 heteroatoms. The van der Waals surface area contributed by atoms with E-state index >= 15 is 0 Å². The van der Waals surface area contributed by atoms with E-state index in [-0.39, 0.29) is 0 Å².